The summed E-state index contributed by atoms with van der Waals surface area (Å²) in [5, 5.41) is 4.17. The number of benzene rings is 2. The third-order valence-corrected chi connectivity index (χ3v) is 3.61. The van der Waals surface area contributed by atoms with Crippen molar-refractivity contribution >= 4 is 38.9 Å². The van der Waals surface area contributed by atoms with Crippen LogP contribution in [0.5, 0.6) is 0 Å². The van der Waals surface area contributed by atoms with Crippen LogP contribution in [0, 0.1) is 0 Å². The van der Waals surface area contributed by atoms with E-state index < -0.39 is 0 Å². The maximum absolute atomic E-state index is 5.99. The van der Waals surface area contributed by atoms with Gasteiger partial charge in [-0.2, -0.15) is 0 Å². The van der Waals surface area contributed by atoms with Crippen molar-refractivity contribution in [3.63, 3.8) is 0 Å². The quantitative estimate of drug-likeness (QED) is 0.791. The van der Waals surface area contributed by atoms with Gasteiger partial charge in [-0.05, 0) is 58.7 Å². The van der Waals surface area contributed by atoms with Crippen LogP contribution in [0.2, 0.25) is 5.02 Å². The molecule has 2 rings (SSSR count). The highest BCUT2D eigenvalue weighted by atomic mass is 79.9. The summed E-state index contributed by atoms with van der Waals surface area (Å²) in [4.78, 5) is 0. The van der Waals surface area contributed by atoms with E-state index in [1.54, 1.807) is 0 Å². The number of nitrogen functional groups attached to an aromatic ring is 1. The maximum atomic E-state index is 5.99. The Morgan fingerprint density at radius 1 is 1.22 bits per heavy atom. The van der Waals surface area contributed by atoms with Gasteiger partial charge in [0.05, 0.1) is 0 Å². The molecule has 2 aromatic rings. The van der Waals surface area contributed by atoms with Gasteiger partial charge in [0.15, 0.2) is 0 Å². The fourth-order valence-corrected chi connectivity index (χ4v) is 2.45. The Morgan fingerprint density at radius 3 is 2.67 bits per heavy atom. The third-order valence-electron chi connectivity index (χ3n) is 2.71. The number of halogens is 2. The lowest BCUT2D eigenvalue weighted by Gasteiger charge is -2.17. The van der Waals surface area contributed by atoms with Gasteiger partial charge in [0.1, 0.15) is 0 Å². The highest BCUT2D eigenvalue weighted by Gasteiger charge is 2.08. The summed E-state index contributed by atoms with van der Waals surface area (Å²) in [5.41, 5.74) is 8.61. The lowest BCUT2D eigenvalue weighted by Crippen LogP contribution is -2.07. The van der Waals surface area contributed by atoms with Crippen molar-refractivity contribution in [2.75, 3.05) is 11.1 Å². The molecule has 3 N–H and O–H groups in total. The Labute approximate surface area is 120 Å². The van der Waals surface area contributed by atoms with Gasteiger partial charge in [-0.1, -0.05) is 23.7 Å². The second-order valence-electron chi connectivity index (χ2n) is 4.16. The van der Waals surface area contributed by atoms with E-state index in [9.17, 15) is 0 Å². The normalized spacial score (nSPS) is 12.2. The summed E-state index contributed by atoms with van der Waals surface area (Å²) < 4.78 is 0.955. The largest absolute Gasteiger partial charge is 0.399 e. The monoisotopic (exact) mass is 324 g/mol. The first-order chi connectivity index (χ1) is 8.56. The van der Waals surface area contributed by atoms with E-state index in [0.717, 1.165) is 26.4 Å². The Balaban J connectivity index is 2.18. The minimum Gasteiger partial charge on any atom is -0.399 e. The topological polar surface area (TPSA) is 38.0 Å². The summed E-state index contributed by atoms with van der Waals surface area (Å²) in [6.45, 7) is 2.09. The number of hydrogen-bond acceptors (Lipinski definition) is 2. The predicted octanol–water partition coefficient (Wildman–Crippen LogP) is 4.86. The van der Waals surface area contributed by atoms with E-state index in [-0.39, 0.29) is 6.04 Å². The summed E-state index contributed by atoms with van der Waals surface area (Å²) >= 11 is 9.48. The average molecular weight is 326 g/mol. The van der Waals surface area contributed by atoms with Crippen LogP contribution < -0.4 is 11.1 Å². The van der Waals surface area contributed by atoms with Gasteiger partial charge in [-0.25, -0.2) is 0 Å². The number of nitrogens with two attached hydrogens (primary N) is 1. The zero-order valence-electron chi connectivity index (χ0n) is 9.95. The molecule has 94 valence electrons. The molecule has 0 aromatic heterocycles. The molecule has 0 saturated heterocycles. The number of nitrogens with one attached hydrogen (secondary N) is 1. The maximum Gasteiger partial charge on any atom is 0.0490 e. The van der Waals surface area contributed by atoms with E-state index in [1.165, 1.54) is 0 Å². The first-order valence-electron chi connectivity index (χ1n) is 5.63. The van der Waals surface area contributed by atoms with Crippen LogP contribution in [-0.4, -0.2) is 0 Å². The SMILES string of the molecule is CC(Nc1ccc(N)cc1Br)c1cccc(Cl)c1. The molecule has 1 unspecified atom stereocenters. The van der Waals surface area contributed by atoms with E-state index in [4.69, 9.17) is 17.3 Å². The molecule has 2 nitrogen and oxygen atoms in total. The number of hydrogen-bond donors (Lipinski definition) is 2. The third kappa shape index (κ3) is 3.18. The van der Waals surface area contributed by atoms with Crippen LogP contribution >= 0.6 is 27.5 Å². The van der Waals surface area contributed by atoms with Crippen molar-refractivity contribution in [1.29, 1.82) is 0 Å². The first kappa shape index (κ1) is 13.2. The summed E-state index contributed by atoms with van der Waals surface area (Å²) in [5.74, 6) is 0. The lowest BCUT2D eigenvalue weighted by atomic mass is 10.1. The minimum absolute atomic E-state index is 0.170. The molecule has 0 radical (unpaired) electrons. The zero-order chi connectivity index (χ0) is 13.1. The van der Waals surface area contributed by atoms with Crippen LogP contribution in [0.15, 0.2) is 46.9 Å². The molecule has 4 heteroatoms. The molecular formula is C14H14BrClN2. The van der Waals surface area contributed by atoms with Gasteiger partial charge < -0.3 is 11.1 Å². The fourth-order valence-electron chi connectivity index (χ4n) is 1.74. The Hall–Kier alpha value is -1.19. The van der Waals surface area contributed by atoms with Crippen LogP contribution in [0.3, 0.4) is 0 Å². The molecule has 0 aliphatic rings. The standard InChI is InChI=1S/C14H14BrClN2/c1-9(10-3-2-4-11(16)7-10)18-14-6-5-12(17)8-13(14)15/h2-9,18H,17H2,1H3. The highest BCUT2D eigenvalue weighted by Crippen LogP contribution is 2.28. The van der Waals surface area contributed by atoms with Crippen LogP contribution in [0.4, 0.5) is 11.4 Å². The Bertz CT molecular complexity index is 557. The van der Waals surface area contributed by atoms with Crippen molar-refractivity contribution in [2.24, 2.45) is 0 Å². The van der Waals surface area contributed by atoms with Gasteiger partial charge in [-0.3, -0.25) is 0 Å². The van der Waals surface area contributed by atoms with Gasteiger partial charge in [0.2, 0.25) is 0 Å². The molecular weight excluding hydrogens is 312 g/mol. The Morgan fingerprint density at radius 2 is 2.00 bits per heavy atom. The Kier molecular flexibility index (Phi) is 4.15. The molecule has 0 bridgehead atoms. The van der Waals surface area contributed by atoms with Crippen molar-refractivity contribution in [1.82, 2.24) is 0 Å². The van der Waals surface area contributed by atoms with Crippen LogP contribution in [0.1, 0.15) is 18.5 Å². The molecule has 18 heavy (non-hydrogen) atoms. The molecule has 0 heterocycles. The van der Waals surface area contributed by atoms with Gasteiger partial charge in [0, 0.05) is 26.9 Å². The smallest absolute Gasteiger partial charge is 0.0490 e. The van der Waals surface area contributed by atoms with Crippen LogP contribution in [0.25, 0.3) is 0 Å². The summed E-state index contributed by atoms with van der Waals surface area (Å²) in [6.07, 6.45) is 0. The second kappa shape index (κ2) is 5.63. The van der Waals surface area contributed by atoms with Crippen molar-refractivity contribution < 1.29 is 0 Å². The van der Waals surface area contributed by atoms with Gasteiger partial charge in [-0.15, -0.1) is 0 Å². The summed E-state index contributed by atoms with van der Waals surface area (Å²) in [6, 6.07) is 13.7. The zero-order valence-corrected chi connectivity index (χ0v) is 12.3. The molecule has 0 saturated carbocycles. The van der Waals surface area contributed by atoms with Crippen molar-refractivity contribution in [3.8, 4) is 0 Å². The van der Waals surface area contributed by atoms with E-state index in [2.05, 4.69) is 34.2 Å². The summed E-state index contributed by atoms with van der Waals surface area (Å²) in [7, 11) is 0. The van der Waals surface area contributed by atoms with Crippen molar-refractivity contribution in [2.45, 2.75) is 13.0 Å². The molecule has 0 spiro atoms. The molecule has 1 atom stereocenters. The minimum atomic E-state index is 0.170. The number of rotatable bonds is 3. The fraction of sp³-hybridized carbons (Fsp3) is 0.143. The molecule has 0 amide bonds. The lowest BCUT2D eigenvalue weighted by molar-refractivity contribution is 0.884. The van der Waals surface area contributed by atoms with Crippen molar-refractivity contribution in [3.05, 3.63) is 57.5 Å². The average Bonchev–Trinajstić information content (AvgIpc) is 2.32. The van der Waals surface area contributed by atoms with Gasteiger partial charge >= 0.3 is 0 Å². The molecule has 0 aliphatic heterocycles. The second-order valence-corrected chi connectivity index (χ2v) is 5.45. The molecule has 0 fully saturated rings. The molecule has 0 aliphatic carbocycles. The van der Waals surface area contributed by atoms with E-state index in [0.29, 0.717) is 0 Å². The van der Waals surface area contributed by atoms with E-state index >= 15 is 0 Å². The van der Waals surface area contributed by atoms with E-state index in [1.807, 2.05) is 36.4 Å². The predicted molar refractivity (Wildman–Crippen MR) is 82.0 cm³/mol. The molecule has 2 aromatic carbocycles. The van der Waals surface area contributed by atoms with Crippen LogP contribution in [-0.2, 0) is 0 Å². The number of anilines is 2. The first-order valence-corrected chi connectivity index (χ1v) is 6.80. The highest BCUT2D eigenvalue weighted by molar-refractivity contribution is 9.10. The van der Waals surface area contributed by atoms with Gasteiger partial charge in [0.25, 0.3) is 0 Å².